The highest BCUT2D eigenvalue weighted by Gasteiger charge is 2.22. The first-order valence-electron chi connectivity index (χ1n) is 8.41. The number of carbonyl (C=O) groups excluding carboxylic acids is 1. The summed E-state index contributed by atoms with van der Waals surface area (Å²) in [5.41, 5.74) is 2.48. The molecule has 0 aliphatic carbocycles. The van der Waals surface area contributed by atoms with Gasteiger partial charge in [0, 0.05) is 30.1 Å². The second kappa shape index (κ2) is 10.1. The van der Waals surface area contributed by atoms with E-state index in [0.717, 1.165) is 15.8 Å². The SMILES string of the molecule is Cc1cccc(CSCCNC(=O)CN(C)S(=O)(=O)c2ccc(Cl)cc2)c1. The van der Waals surface area contributed by atoms with Crippen LogP contribution in [0.3, 0.4) is 0 Å². The summed E-state index contributed by atoms with van der Waals surface area (Å²) in [4.78, 5) is 12.1. The van der Waals surface area contributed by atoms with Crippen LogP contribution in [0.4, 0.5) is 0 Å². The molecule has 2 rings (SSSR count). The number of aryl methyl sites for hydroxylation is 1. The second-order valence-electron chi connectivity index (χ2n) is 6.11. The van der Waals surface area contributed by atoms with E-state index in [1.54, 1.807) is 11.8 Å². The van der Waals surface area contributed by atoms with E-state index in [4.69, 9.17) is 11.6 Å². The number of hydrogen-bond donors (Lipinski definition) is 1. The van der Waals surface area contributed by atoms with Crippen molar-refractivity contribution < 1.29 is 13.2 Å². The van der Waals surface area contributed by atoms with E-state index in [0.29, 0.717) is 11.6 Å². The molecule has 0 atom stereocenters. The molecule has 2 aromatic carbocycles. The number of benzene rings is 2. The van der Waals surface area contributed by atoms with E-state index in [1.807, 2.05) is 6.07 Å². The van der Waals surface area contributed by atoms with Gasteiger partial charge in [0.15, 0.2) is 0 Å². The number of carbonyl (C=O) groups is 1. The standard InChI is InChI=1S/C19H23ClN2O3S2/c1-15-4-3-5-16(12-15)14-26-11-10-21-19(23)13-22(2)27(24,25)18-8-6-17(20)7-9-18/h3-9,12H,10-11,13-14H2,1-2H3,(H,21,23). The van der Waals surface area contributed by atoms with Gasteiger partial charge in [0.1, 0.15) is 0 Å². The molecular formula is C19H23ClN2O3S2. The van der Waals surface area contributed by atoms with Crippen LogP contribution in [0.25, 0.3) is 0 Å². The van der Waals surface area contributed by atoms with Gasteiger partial charge < -0.3 is 5.32 Å². The van der Waals surface area contributed by atoms with Gasteiger partial charge in [-0.2, -0.15) is 16.1 Å². The molecule has 2 aromatic rings. The van der Waals surface area contributed by atoms with Crippen molar-refractivity contribution in [1.29, 1.82) is 0 Å². The van der Waals surface area contributed by atoms with Crippen molar-refractivity contribution in [2.24, 2.45) is 0 Å². The van der Waals surface area contributed by atoms with Gasteiger partial charge in [0.25, 0.3) is 0 Å². The summed E-state index contributed by atoms with van der Waals surface area (Å²) in [6.07, 6.45) is 0. The van der Waals surface area contributed by atoms with E-state index in [-0.39, 0.29) is 17.3 Å². The topological polar surface area (TPSA) is 66.5 Å². The zero-order valence-corrected chi connectivity index (χ0v) is 17.7. The van der Waals surface area contributed by atoms with Gasteiger partial charge in [0.05, 0.1) is 11.4 Å². The predicted octanol–water partition coefficient (Wildman–Crippen LogP) is 3.32. The van der Waals surface area contributed by atoms with Crippen LogP contribution in [0.15, 0.2) is 53.4 Å². The predicted molar refractivity (Wildman–Crippen MR) is 112 cm³/mol. The number of nitrogens with one attached hydrogen (secondary N) is 1. The van der Waals surface area contributed by atoms with Crippen LogP contribution in [-0.2, 0) is 20.6 Å². The van der Waals surface area contributed by atoms with E-state index < -0.39 is 10.0 Å². The Kier molecular flexibility index (Phi) is 8.16. The Bertz CT molecular complexity index is 871. The van der Waals surface area contributed by atoms with Gasteiger partial charge >= 0.3 is 0 Å². The Balaban J connectivity index is 1.74. The fourth-order valence-electron chi connectivity index (χ4n) is 2.38. The number of rotatable bonds is 9. The van der Waals surface area contributed by atoms with E-state index in [1.165, 1.54) is 42.4 Å². The molecule has 0 unspecified atom stereocenters. The van der Waals surface area contributed by atoms with Crippen LogP contribution in [0.2, 0.25) is 5.02 Å². The molecule has 5 nitrogen and oxygen atoms in total. The van der Waals surface area contributed by atoms with Crippen LogP contribution < -0.4 is 5.32 Å². The average molecular weight is 427 g/mol. The van der Waals surface area contributed by atoms with Crippen molar-refractivity contribution in [2.75, 3.05) is 25.9 Å². The van der Waals surface area contributed by atoms with Gasteiger partial charge in [0.2, 0.25) is 15.9 Å². The molecular weight excluding hydrogens is 404 g/mol. The lowest BCUT2D eigenvalue weighted by Gasteiger charge is -2.17. The zero-order valence-electron chi connectivity index (χ0n) is 15.3. The number of hydrogen-bond acceptors (Lipinski definition) is 4. The first kappa shape index (κ1) is 21.8. The average Bonchev–Trinajstić information content (AvgIpc) is 2.61. The number of likely N-dealkylation sites (N-methyl/N-ethyl adjacent to an activating group) is 1. The summed E-state index contributed by atoms with van der Waals surface area (Å²) >= 11 is 7.50. The maximum atomic E-state index is 12.4. The fourth-order valence-corrected chi connectivity index (χ4v) is 4.44. The highest BCUT2D eigenvalue weighted by Crippen LogP contribution is 2.17. The highest BCUT2D eigenvalue weighted by molar-refractivity contribution is 7.98. The summed E-state index contributed by atoms with van der Waals surface area (Å²) in [5.74, 6) is 1.31. The maximum absolute atomic E-state index is 12.4. The Morgan fingerprint density at radius 2 is 1.89 bits per heavy atom. The summed E-state index contributed by atoms with van der Waals surface area (Å²) in [6, 6.07) is 14.2. The summed E-state index contributed by atoms with van der Waals surface area (Å²) in [7, 11) is -2.33. The van der Waals surface area contributed by atoms with Crippen LogP contribution in [-0.4, -0.2) is 44.5 Å². The van der Waals surface area contributed by atoms with Crippen molar-refractivity contribution in [3.05, 3.63) is 64.7 Å². The van der Waals surface area contributed by atoms with Gasteiger partial charge in [-0.3, -0.25) is 4.79 Å². The number of thioether (sulfide) groups is 1. The summed E-state index contributed by atoms with van der Waals surface area (Å²) in [5, 5.41) is 3.21. The Labute approximate surface area is 170 Å². The number of amides is 1. The van der Waals surface area contributed by atoms with Crippen LogP contribution in [0.5, 0.6) is 0 Å². The number of halogens is 1. The second-order valence-corrected chi connectivity index (χ2v) is 9.69. The van der Waals surface area contributed by atoms with Crippen molar-refractivity contribution in [1.82, 2.24) is 9.62 Å². The molecule has 0 fully saturated rings. The molecule has 0 saturated heterocycles. The van der Waals surface area contributed by atoms with E-state index >= 15 is 0 Å². The molecule has 27 heavy (non-hydrogen) atoms. The minimum atomic E-state index is -3.72. The largest absolute Gasteiger partial charge is 0.354 e. The molecule has 0 aromatic heterocycles. The van der Waals surface area contributed by atoms with Crippen molar-refractivity contribution in [3.8, 4) is 0 Å². The maximum Gasteiger partial charge on any atom is 0.243 e. The highest BCUT2D eigenvalue weighted by atomic mass is 35.5. The third kappa shape index (κ3) is 6.84. The Hall–Kier alpha value is -1.54. The van der Waals surface area contributed by atoms with Gasteiger partial charge in [-0.15, -0.1) is 0 Å². The van der Waals surface area contributed by atoms with Gasteiger partial charge in [-0.05, 0) is 36.8 Å². The molecule has 8 heteroatoms. The molecule has 1 N–H and O–H groups in total. The third-order valence-electron chi connectivity index (χ3n) is 3.81. The van der Waals surface area contributed by atoms with Gasteiger partial charge in [-0.1, -0.05) is 41.4 Å². The molecule has 0 aliphatic rings. The van der Waals surface area contributed by atoms with Crippen molar-refractivity contribution in [2.45, 2.75) is 17.6 Å². The van der Waals surface area contributed by atoms with Crippen molar-refractivity contribution >= 4 is 39.3 Å². The quantitative estimate of drug-likeness (QED) is 0.624. The van der Waals surface area contributed by atoms with Gasteiger partial charge in [-0.25, -0.2) is 8.42 Å². The molecule has 146 valence electrons. The minimum Gasteiger partial charge on any atom is -0.354 e. The Morgan fingerprint density at radius 3 is 2.56 bits per heavy atom. The lowest BCUT2D eigenvalue weighted by atomic mass is 10.2. The third-order valence-corrected chi connectivity index (χ3v) is 6.91. The Morgan fingerprint density at radius 1 is 1.19 bits per heavy atom. The van der Waals surface area contributed by atoms with Crippen molar-refractivity contribution in [3.63, 3.8) is 0 Å². The van der Waals surface area contributed by atoms with Crippen LogP contribution in [0.1, 0.15) is 11.1 Å². The lowest BCUT2D eigenvalue weighted by molar-refractivity contribution is -0.121. The lowest BCUT2D eigenvalue weighted by Crippen LogP contribution is -2.39. The van der Waals surface area contributed by atoms with Crippen LogP contribution in [0, 0.1) is 6.92 Å². The monoisotopic (exact) mass is 426 g/mol. The number of nitrogens with zero attached hydrogens (tertiary/aromatic N) is 1. The minimum absolute atomic E-state index is 0.107. The molecule has 0 heterocycles. The van der Waals surface area contributed by atoms with E-state index in [9.17, 15) is 13.2 Å². The van der Waals surface area contributed by atoms with E-state index in [2.05, 4.69) is 30.4 Å². The molecule has 1 amide bonds. The molecule has 0 saturated carbocycles. The first-order chi connectivity index (χ1) is 12.8. The van der Waals surface area contributed by atoms with Crippen LogP contribution >= 0.6 is 23.4 Å². The first-order valence-corrected chi connectivity index (χ1v) is 11.4. The molecule has 0 spiro atoms. The smallest absolute Gasteiger partial charge is 0.243 e. The summed E-state index contributed by atoms with van der Waals surface area (Å²) < 4.78 is 25.9. The molecule has 0 aliphatic heterocycles. The number of sulfonamides is 1. The summed E-state index contributed by atoms with van der Waals surface area (Å²) in [6.45, 7) is 2.32. The fraction of sp³-hybridized carbons (Fsp3) is 0.316. The normalized spacial score (nSPS) is 11.6. The molecule has 0 radical (unpaired) electrons. The zero-order chi connectivity index (χ0) is 19.9. The molecule has 0 bridgehead atoms.